The van der Waals surface area contributed by atoms with Gasteiger partial charge in [-0.2, -0.15) is 0 Å². The SMILES string of the molecule is C[C@H](N)c1cc(F)ccc1-c1ccccc1F. The minimum atomic E-state index is -0.364. The molecule has 1 atom stereocenters. The van der Waals surface area contributed by atoms with Gasteiger partial charge in [-0.15, -0.1) is 0 Å². The predicted molar refractivity (Wildman–Crippen MR) is 64.4 cm³/mol. The van der Waals surface area contributed by atoms with Crippen molar-refractivity contribution in [1.29, 1.82) is 0 Å². The second-order valence-corrected chi connectivity index (χ2v) is 4.00. The molecule has 2 aromatic rings. The fourth-order valence-electron chi connectivity index (χ4n) is 1.84. The van der Waals surface area contributed by atoms with Gasteiger partial charge in [0.15, 0.2) is 0 Å². The lowest BCUT2D eigenvalue weighted by molar-refractivity contribution is 0.620. The summed E-state index contributed by atoms with van der Waals surface area (Å²) < 4.78 is 26.9. The van der Waals surface area contributed by atoms with Crippen LogP contribution in [0.2, 0.25) is 0 Å². The average Bonchev–Trinajstić information content (AvgIpc) is 2.30. The quantitative estimate of drug-likeness (QED) is 0.841. The van der Waals surface area contributed by atoms with Crippen LogP contribution in [0.25, 0.3) is 11.1 Å². The highest BCUT2D eigenvalue weighted by molar-refractivity contribution is 5.68. The molecule has 0 aromatic heterocycles. The van der Waals surface area contributed by atoms with Crippen LogP contribution in [0.1, 0.15) is 18.5 Å². The Morgan fingerprint density at radius 2 is 1.71 bits per heavy atom. The van der Waals surface area contributed by atoms with Gasteiger partial charge in [0.05, 0.1) is 0 Å². The predicted octanol–water partition coefficient (Wildman–Crippen LogP) is 3.65. The van der Waals surface area contributed by atoms with Crippen LogP contribution in [0.4, 0.5) is 8.78 Å². The minimum Gasteiger partial charge on any atom is -0.324 e. The lowest BCUT2D eigenvalue weighted by atomic mass is 9.95. The van der Waals surface area contributed by atoms with Crippen molar-refractivity contribution in [3.05, 3.63) is 59.7 Å². The van der Waals surface area contributed by atoms with Crippen LogP contribution in [0.5, 0.6) is 0 Å². The first-order chi connectivity index (χ1) is 8.09. The average molecular weight is 233 g/mol. The van der Waals surface area contributed by atoms with Gasteiger partial charge in [0, 0.05) is 11.6 Å². The normalized spacial score (nSPS) is 12.5. The summed E-state index contributed by atoms with van der Waals surface area (Å²) >= 11 is 0. The molecule has 2 rings (SSSR count). The highest BCUT2D eigenvalue weighted by Crippen LogP contribution is 2.29. The van der Waals surface area contributed by atoms with E-state index in [0.717, 1.165) is 0 Å². The van der Waals surface area contributed by atoms with Crippen molar-refractivity contribution in [2.24, 2.45) is 5.73 Å². The lowest BCUT2D eigenvalue weighted by Crippen LogP contribution is -2.07. The zero-order chi connectivity index (χ0) is 12.4. The topological polar surface area (TPSA) is 26.0 Å². The molecule has 0 unspecified atom stereocenters. The number of halogens is 2. The fraction of sp³-hybridized carbons (Fsp3) is 0.143. The molecular weight excluding hydrogens is 220 g/mol. The fourth-order valence-corrected chi connectivity index (χ4v) is 1.84. The molecule has 0 saturated heterocycles. The van der Waals surface area contributed by atoms with Crippen LogP contribution >= 0.6 is 0 Å². The summed E-state index contributed by atoms with van der Waals surface area (Å²) in [6.07, 6.45) is 0. The Kier molecular flexibility index (Phi) is 3.20. The van der Waals surface area contributed by atoms with Crippen LogP contribution < -0.4 is 5.73 Å². The summed E-state index contributed by atoms with van der Waals surface area (Å²) in [5.41, 5.74) is 7.47. The maximum absolute atomic E-state index is 13.7. The summed E-state index contributed by atoms with van der Waals surface area (Å²) in [6, 6.07) is 10.3. The third kappa shape index (κ3) is 2.34. The molecule has 0 saturated carbocycles. The zero-order valence-electron chi connectivity index (χ0n) is 9.45. The number of benzene rings is 2. The third-order valence-electron chi connectivity index (χ3n) is 2.67. The van der Waals surface area contributed by atoms with Crippen molar-refractivity contribution in [1.82, 2.24) is 0 Å². The first-order valence-electron chi connectivity index (χ1n) is 5.39. The second kappa shape index (κ2) is 4.63. The molecule has 0 radical (unpaired) electrons. The highest BCUT2D eigenvalue weighted by Gasteiger charge is 2.12. The molecule has 0 amide bonds. The standard InChI is InChI=1S/C14H13F2N/c1-9(17)13-8-10(15)6-7-11(13)12-4-2-3-5-14(12)16/h2-9H,17H2,1H3/t9-/m0/s1. The molecule has 88 valence electrons. The van der Waals surface area contributed by atoms with Crippen molar-refractivity contribution >= 4 is 0 Å². The van der Waals surface area contributed by atoms with E-state index in [9.17, 15) is 8.78 Å². The van der Waals surface area contributed by atoms with Gasteiger partial charge < -0.3 is 5.73 Å². The van der Waals surface area contributed by atoms with Crippen molar-refractivity contribution in [3.63, 3.8) is 0 Å². The number of nitrogens with two attached hydrogens (primary N) is 1. The first kappa shape index (κ1) is 11.7. The molecule has 0 aliphatic rings. The molecule has 0 aliphatic carbocycles. The largest absolute Gasteiger partial charge is 0.324 e. The molecule has 1 nitrogen and oxygen atoms in total. The van der Waals surface area contributed by atoms with Gasteiger partial charge in [-0.3, -0.25) is 0 Å². The lowest BCUT2D eigenvalue weighted by Gasteiger charge is -2.13. The van der Waals surface area contributed by atoms with E-state index in [4.69, 9.17) is 5.73 Å². The Bertz CT molecular complexity index is 535. The Labute approximate surface area is 98.9 Å². The van der Waals surface area contributed by atoms with Crippen molar-refractivity contribution in [3.8, 4) is 11.1 Å². The van der Waals surface area contributed by atoms with Crippen molar-refractivity contribution in [2.45, 2.75) is 13.0 Å². The summed E-state index contributed by atoms with van der Waals surface area (Å²) in [4.78, 5) is 0. The van der Waals surface area contributed by atoms with E-state index in [0.29, 0.717) is 16.7 Å². The van der Waals surface area contributed by atoms with Crippen LogP contribution in [-0.4, -0.2) is 0 Å². The van der Waals surface area contributed by atoms with Gasteiger partial charge in [-0.25, -0.2) is 8.78 Å². The van der Waals surface area contributed by atoms with E-state index < -0.39 is 0 Å². The van der Waals surface area contributed by atoms with E-state index >= 15 is 0 Å². The van der Waals surface area contributed by atoms with Gasteiger partial charge in [0.1, 0.15) is 11.6 Å². The second-order valence-electron chi connectivity index (χ2n) is 4.00. The van der Waals surface area contributed by atoms with Gasteiger partial charge >= 0.3 is 0 Å². The number of hydrogen-bond donors (Lipinski definition) is 1. The molecule has 2 N–H and O–H groups in total. The highest BCUT2D eigenvalue weighted by atomic mass is 19.1. The number of hydrogen-bond acceptors (Lipinski definition) is 1. The van der Waals surface area contributed by atoms with E-state index in [2.05, 4.69) is 0 Å². The van der Waals surface area contributed by atoms with Crippen LogP contribution in [0.15, 0.2) is 42.5 Å². The van der Waals surface area contributed by atoms with Gasteiger partial charge in [-0.1, -0.05) is 24.3 Å². The van der Waals surface area contributed by atoms with E-state index in [-0.39, 0.29) is 17.7 Å². The molecule has 3 heteroatoms. The zero-order valence-corrected chi connectivity index (χ0v) is 9.45. The molecule has 0 heterocycles. The first-order valence-corrected chi connectivity index (χ1v) is 5.39. The summed E-state index contributed by atoms with van der Waals surface area (Å²) in [7, 11) is 0. The molecule has 0 fully saturated rings. The molecule has 0 aliphatic heterocycles. The van der Waals surface area contributed by atoms with Crippen molar-refractivity contribution in [2.75, 3.05) is 0 Å². The third-order valence-corrected chi connectivity index (χ3v) is 2.67. The van der Waals surface area contributed by atoms with Crippen LogP contribution in [0, 0.1) is 11.6 Å². The molecular formula is C14H13F2N. The van der Waals surface area contributed by atoms with E-state index in [1.54, 1.807) is 31.2 Å². The minimum absolute atomic E-state index is 0.332. The monoisotopic (exact) mass is 233 g/mol. The Hall–Kier alpha value is -1.74. The molecule has 17 heavy (non-hydrogen) atoms. The van der Waals surface area contributed by atoms with Gasteiger partial charge in [0.2, 0.25) is 0 Å². The Morgan fingerprint density at radius 1 is 1.00 bits per heavy atom. The molecule has 2 aromatic carbocycles. The van der Waals surface area contributed by atoms with Crippen LogP contribution in [-0.2, 0) is 0 Å². The van der Waals surface area contributed by atoms with Gasteiger partial charge in [-0.05, 0) is 36.2 Å². The molecule has 0 spiro atoms. The smallest absolute Gasteiger partial charge is 0.131 e. The molecule has 0 bridgehead atoms. The van der Waals surface area contributed by atoms with Crippen molar-refractivity contribution < 1.29 is 8.78 Å². The van der Waals surface area contributed by atoms with Gasteiger partial charge in [0.25, 0.3) is 0 Å². The summed E-state index contributed by atoms with van der Waals surface area (Å²) in [6.45, 7) is 1.75. The number of rotatable bonds is 2. The summed E-state index contributed by atoms with van der Waals surface area (Å²) in [5.74, 6) is -0.696. The van der Waals surface area contributed by atoms with Crippen LogP contribution in [0.3, 0.4) is 0 Å². The maximum atomic E-state index is 13.7. The maximum Gasteiger partial charge on any atom is 0.131 e. The summed E-state index contributed by atoms with van der Waals surface area (Å²) in [5, 5.41) is 0. The Morgan fingerprint density at radius 3 is 2.35 bits per heavy atom. The Balaban J connectivity index is 2.63. The van der Waals surface area contributed by atoms with E-state index in [1.807, 2.05) is 0 Å². The van der Waals surface area contributed by atoms with E-state index in [1.165, 1.54) is 18.2 Å².